The van der Waals surface area contributed by atoms with Crippen LogP contribution in [0.25, 0.3) is 0 Å². The number of rotatable bonds is 0. The molecule has 3 heterocycles. The fraction of sp³-hybridized carbons (Fsp3) is 0. The Bertz CT molecular complexity index is 801. The van der Waals surface area contributed by atoms with Gasteiger partial charge < -0.3 is 0 Å². The molecule has 0 aromatic heterocycles. The van der Waals surface area contributed by atoms with Crippen molar-refractivity contribution in [2.75, 3.05) is 5.32 Å². The van der Waals surface area contributed by atoms with Crippen LogP contribution in [0.4, 0.5) is 11.4 Å². The Balaban J connectivity index is 2.01. The van der Waals surface area contributed by atoms with E-state index in [-0.39, 0.29) is 0 Å². The zero-order valence-corrected chi connectivity index (χ0v) is 13.0. The molecule has 0 atom stereocenters. The van der Waals surface area contributed by atoms with Crippen molar-refractivity contribution in [3.63, 3.8) is 0 Å². The van der Waals surface area contributed by atoms with Crippen molar-refractivity contribution in [1.82, 2.24) is 0 Å². The molecule has 3 aliphatic heterocycles. The molecular weight excluding hydrogens is 305 g/mol. The molecule has 0 radical (unpaired) electrons. The summed E-state index contributed by atoms with van der Waals surface area (Å²) in [4.78, 5) is 0. The Hall–Kier alpha value is -1.29. The summed E-state index contributed by atoms with van der Waals surface area (Å²) in [5.41, 5.74) is 4.44. The van der Waals surface area contributed by atoms with Crippen LogP contribution >= 0.6 is 32.8 Å². The van der Waals surface area contributed by atoms with Crippen LogP contribution in [0, 0.1) is 0 Å². The van der Waals surface area contributed by atoms with Crippen molar-refractivity contribution in [1.29, 1.82) is 0 Å². The minimum atomic E-state index is -2.45. The van der Waals surface area contributed by atoms with E-state index >= 15 is 0 Å². The van der Waals surface area contributed by atoms with Crippen molar-refractivity contribution in [3.05, 3.63) is 47.5 Å². The van der Waals surface area contributed by atoms with E-state index in [0.717, 1.165) is 32.6 Å². The summed E-state index contributed by atoms with van der Waals surface area (Å²) in [5, 5.41) is 7.57. The van der Waals surface area contributed by atoms with Gasteiger partial charge in [-0.3, -0.25) is 0 Å². The molecule has 3 nitrogen and oxygen atoms in total. The average Bonchev–Trinajstić information content (AvgIpc) is 2.89. The van der Waals surface area contributed by atoms with E-state index in [0.29, 0.717) is 0 Å². The first-order chi connectivity index (χ1) is 9.71. The third-order valence-corrected chi connectivity index (χ3v) is 8.74. The van der Waals surface area contributed by atoms with Gasteiger partial charge in [0, 0.05) is 0 Å². The summed E-state index contributed by atoms with van der Waals surface area (Å²) >= 11 is 9.15. The second kappa shape index (κ2) is 3.48. The Morgan fingerprint density at radius 1 is 0.800 bits per heavy atom. The molecular formula is C14H10N3PS2. The van der Waals surface area contributed by atoms with E-state index in [1.165, 1.54) is 10.6 Å². The second-order valence-corrected chi connectivity index (χ2v) is 8.76. The van der Waals surface area contributed by atoms with Crippen molar-refractivity contribution in [2.24, 2.45) is 9.53 Å². The Labute approximate surface area is 127 Å². The molecule has 1 spiro atoms. The van der Waals surface area contributed by atoms with Gasteiger partial charge in [-0.05, 0) is 0 Å². The average molecular weight is 315 g/mol. The summed E-state index contributed by atoms with van der Waals surface area (Å²) in [7, 11) is -2.45. The van der Waals surface area contributed by atoms with Crippen LogP contribution in [-0.2, 0) is 0 Å². The number of thiol groups is 2. The van der Waals surface area contributed by atoms with Gasteiger partial charge in [0.05, 0.1) is 0 Å². The van der Waals surface area contributed by atoms with Gasteiger partial charge >= 0.3 is 127 Å². The van der Waals surface area contributed by atoms with E-state index in [9.17, 15) is 0 Å². The minimum absolute atomic E-state index is 0.796. The first kappa shape index (κ1) is 11.4. The van der Waals surface area contributed by atoms with Crippen LogP contribution < -0.4 is 15.9 Å². The van der Waals surface area contributed by atoms with Crippen molar-refractivity contribution < 1.29 is 0 Å². The molecule has 2 aromatic carbocycles. The molecule has 5 rings (SSSR count). The summed E-state index contributed by atoms with van der Waals surface area (Å²) in [5.74, 6) is 0. The van der Waals surface area contributed by atoms with Crippen LogP contribution in [0.1, 0.15) is 11.1 Å². The monoisotopic (exact) mass is 315 g/mol. The molecule has 3 aliphatic rings. The molecule has 1 N–H and O–H groups in total. The summed E-state index contributed by atoms with van der Waals surface area (Å²) < 4.78 is 9.85. The third-order valence-electron chi connectivity index (χ3n) is 4.11. The Morgan fingerprint density at radius 3 is 1.80 bits per heavy atom. The summed E-state index contributed by atoms with van der Waals surface area (Å²) in [6.07, 6.45) is 0. The molecule has 6 heteroatoms. The zero-order chi connectivity index (χ0) is 13.5. The van der Waals surface area contributed by atoms with Crippen molar-refractivity contribution in [3.8, 4) is 0 Å². The number of nitrogens with one attached hydrogen (secondary N) is 1. The van der Waals surface area contributed by atoms with Crippen LogP contribution in [0.3, 0.4) is 0 Å². The molecule has 0 saturated heterocycles. The van der Waals surface area contributed by atoms with Gasteiger partial charge in [0.25, 0.3) is 0 Å². The number of anilines is 2. The predicted molar refractivity (Wildman–Crippen MR) is 94.8 cm³/mol. The predicted octanol–water partition coefficient (Wildman–Crippen LogP) is 2.65. The van der Waals surface area contributed by atoms with Crippen molar-refractivity contribution >= 4 is 64.9 Å². The van der Waals surface area contributed by atoms with Gasteiger partial charge in [-0.25, -0.2) is 0 Å². The molecule has 0 amide bonds. The van der Waals surface area contributed by atoms with E-state index in [4.69, 9.17) is 9.53 Å². The first-order valence-electron chi connectivity index (χ1n) is 6.33. The molecule has 98 valence electrons. The van der Waals surface area contributed by atoms with E-state index in [1.54, 1.807) is 0 Å². The molecule has 0 bridgehead atoms. The summed E-state index contributed by atoms with van der Waals surface area (Å²) in [6, 6.07) is 12.4. The standard InChI is InChI=1S/C14H10N3PS2/c19-13-7-3-1-5-9-11(7)18(16-13)12-8(14(20)17-18)4-2-6-10(12)15-9/h1-6,15,18H,(H,16,19)(H,17,20). The fourth-order valence-corrected chi connectivity index (χ4v) is 8.63. The van der Waals surface area contributed by atoms with E-state index in [1.807, 2.05) is 12.1 Å². The number of hydrogen-bond donors (Lipinski definition) is 3. The van der Waals surface area contributed by atoms with Gasteiger partial charge in [-0.1, -0.05) is 0 Å². The molecule has 2 aromatic rings. The summed E-state index contributed by atoms with van der Waals surface area (Å²) in [6.45, 7) is 0. The first-order valence-corrected chi connectivity index (χ1v) is 9.12. The van der Waals surface area contributed by atoms with Gasteiger partial charge in [0.1, 0.15) is 0 Å². The van der Waals surface area contributed by atoms with Gasteiger partial charge in [-0.15, -0.1) is 0 Å². The van der Waals surface area contributed by atoms with Gasteiger partial charge in [0.15, 0.2) is 0 Å². The normalized spacial score (nSPS) is 20.5. The van der Waals surface area contributed by atoms with E-state index in [2.05, 4.69) is 54.8 Å². The SMILES string of the molecule is SC1=N[PH]23N=C(S)c4cccc(c42)Nc2cccc1c23. The Kier molecular flexibility index (Phi) is 1.98. The van der Waals surface area contributed by atoms with Gasteiger partial charge in [0.2, 0.25) is 0 Å². The van der Waals surface area contributed by atoms with Gasteiger partial charge in [-0.2, -0.15) is 0 Å². The van der Waals surface area contributed by atoms with Crippen molar-refractivity contribution in [2.45, 2.75) is 0 Å². The molecule has 0 aliphatic carbocycles. The van der Waals surface area contributed by atoms with Crippen LogP contribution in [0.2, 0.25) is 0 Å². The van der Waals surface area contributed by atoms with Crippen LogP contribution in [0.5, 0.6) is 0 Å². The maximum absolute atomic E-state index is 4.92. The third kappa shape index (κ3) is 1.12. The van der Waals surface area contributed by atoms with Crippen LogP contribution in [0.15, 0.2) is 45.9 Å². The molecule has 0 unspecified atom stereocenters. The number of nitrogens with zero attached hydrogens (tertiary/aromatic N) is 2. The maximum atomic E-state index is 4.92. The molecule has 0 saturated carbocycles. The number of hydrogen-bond acceptors (Lipinski definition) is 3. The van der Waals surface area contributed by atoms with E-state index < -0.39 is 7.56 Å². The zero-order valence-electron chi connectivity index (χ0n) is 10.3. The topological polar surface area (TPSA) is 36.8 Å². The number of benzene rings is 2. The van der Waals surface area contributed by atoms with Crippen LogP contribution in [-0.4, -0.2) is 10.1 Å². The molecule has 20 heavy (non-hydrogen) atoms. The fourth-order valence-electron chi connectivity index (χ4n) is 3.38. The Morgan fingerprint density at radius 2 is 1.30 bits per heavy atom. The second-order valence-electron chi connectivity index (χ2n) is 5.12. The quantitative estimate of drug-likeness (QED) is 0.507. The molecule has 0 fully saturated rings.